The van der Waals surface area contributed by atoms with E-state index >= 15 is 0 Å². The molecule has 1 heterocycles. The molecule has 0 unspecified atom stereocenters. The van der Waals surface area contributed by atoms with Gasteiger partial charge in [0.05, 0.1) is 12.2 Å². The third-order valence-corrected chi connectivity index (χ3v) is 1.72. The first-order valence-corrected chi connectivity index (χ1v) is 4.11. The van der Waals surface area contributed by atoms with Crippen molar-refractivity contribution in [2.24, 2.45) is 0 Å². The van der Waals surface area contributed by atoms with E-state index in [-0.39, 0.29) is 18.0 Å². The van der Waals surface area contributed by atoms with Crippen molar-refractivity contribution in [2.45, 2.75) is 45.5 Å². The lowest BCUT2D eigenvalue weighted by Crippen LogP contribution is -2.30. The van der Waals surface area contributed by atoms with Crippen molar-refractivity contribution in [3.8, 4) is 0 Å². The third kappa shape index (κ3) is 2.21. The van der Waals surface area contributed by atoms with Gasteiger partial charge in [-0.25, -0.2) is 0 Å². The average Bonchev–Trinajstić information content (AvgIpc) is 2.07. The van der Waals surface area contributed by atoms with Crippen molar-refractivity contribution in [2.75, 3.05) is 6.61 Å². The lowest BCUT2D eigenvalue weighted by atomic mass is 9.61. The van der Waals surface area contributed by atoms with E-state index in [1.807, 2.05) is 0 Å². The highest BCUT2D eigenvalue weighted by atomic mass is 16.7. The summed E-state index contributed by atoms with van der Waals surface area (Å²) in [7, 11) is -0.0440. The second-order valence-corrected chi connectivity index (χ2v) is 4.89. The van der Waals surface area contributed by atoms with Crippen LogP contribution in [0.1, 0.15) is 34.6 Å². The molecule has 0 radical (unpaired) electrons. The molecule has 2 nitrogen and oxygen atoms in total. The Kier molecular flexibility index (Phi) is 2.06. The fourth-order valence-corrected chi connectivity index (χ4v) is 1.06. The molecule has 64 valence electrons. The fraction of sp³-hybridized carbons (Fsp3) is 1.00. The minimum Gasteiger partial charge on any atom is -0.408 e. The van der Waals surface area contributed by atoms with E-state index in [0.29, 0.717) is 6.61 Å². The second kappa shape index (κ2) is 2.49. The largest absolute Gasteiger partial charge is 0.463 e. The Balaban J connectivity index is 2.55. The van der Waals surface area contributed by atoms with Crippen molar-refractivity contribution in [3.05, 3.63) is 0 Å². The molecule has 3 heteroatoms. The Bertz CT molecular complexity index is 149. The average molecular weight is 156 g/mol. The van der Waals surface area contributed by atoms with Crippen LogP contribution >= 0.6 is 0 Å². The van der Waals surface area contributed by atoms with Crippen molar-refractivity contribution < 1.29 is 9.31 Å². The van der Waals surface area contributed by atoms with Crippen LogP contribution in [0, 0.1) is 0 Å². The second-order valence-electron chi connectivity index (χ2n) is 4.89. The van der Waals surface area contributed by atoms with Gasteiger partial charge in [-0.3, -0.25) is 0 Å². The smallest absolute Gasteiger partial charge is 0.408 e. The molecule has 1 saturated heterocycles. The van der Waals surface area contributed by atoms with E-state index in [1.54, 1.807) is 0 Å². The summed E-state index contributed by atoms with van der Waals surface area (Å²) in [6.07, 6.45) is 0. The quantitative estimate of drug-likeness (QED) is 0.500. The Morgan fingerprint density at radius 1 is 1.27 bits per heavy atom. The first kappa shape index (κ1) is 9.08. The summed E-state index contributed by atoms with van der Waals surface area (Å²) in [5.74, 6) is 0. The van der Waals surface area contributed by atoms with Gasteiger partial charge in [-0.1, -0.05) is 20.8 Å². The van der Waals surface area contributed by atoms with Gasteiger partial charge in [0, 0.05) is 0 Å². The molecule has 0 N–H and O–H groups in total. The monoisotopic (exact) mass is 156 g/mol. The highest BCUT2D eigenvalue weighted by molar-refractivity contribution is 6.49. The van der Waals surface area contributed by atoms with Gasteiger partial charge in [0.1, 0.15) is 0 Å². The Morgan fingerprint density at radius 2 is 1.82 bits per heavy atom. The summed E-state index contributed by atoms with van der Waals surface area (Å²) in [4.78, 5) is 0. The first-order valence-electron chi connectivity index (χ1n) is 4.11. The van der Waals surface area contributed by atoms with E-state index in [1.165, 1.54) is 0 Å². The molecule has 1 aliphatic heterocycles. The molecule has 0 atom stereocenters. The predicted octanol–water partition coefficient (Wildman–Crippen LogP) is 2.10. The predicted molar refractivity (Wildman–Crippen MR) is 46.6 cm³/mol. The van der Waals surface area contributed by atoms with Crippen LogP contribution in [-0.2, 0) is 9.31 Å². The van der Waals surface area contributed by atoms with E-state index < -0.39 is 0 Å². The fourth-order valence-electron chi connectivity index (χ4n) is 1.06. The first-order chi connectivity index (χ1) is 4.81. The molecule has 0 aliphatic carbocycles. The zero-order valence-corrected chi connectivity index (χ0v) is 8.10. The van der Waals surface area contributed by atoms with E-state index in [2.05, 4.69) is 34.6 Å². The molecule has 11 heavy (non-hydrogen) atoms. The SMILES string of the molecule is CC1(C)COB(C(C)(C)C)O1. The van der Waals surface area contributed by atoms with Crippen LogP contribution in [0.5, 0.6) is 0 Å². The number of hydrogen-bond acceptors (Lipinski definition) is 2. The lowest BCUT2D eigenvalue weighted by Gasteiger charge is -2.22. The minimum absolute atomic E-state index is 0.0440. The van der Waals surface area contributed by atoms with Crippen LogP contribution < -0.4 is 0 Å². The summed E-state index contributed by atoms with van der Waals surface area (Å²) in [5, 5.41) is 0.0910. The molecule has 0 bridgehead atoms. The molecule has 0 amide bonds. The maximum absolute atomic E-state index is 5.69. The lowest BCUT2D eigenvalue weighted by molar-refractivity contribution is 0.133. The third-order valence-electron chi connectivity index (χ3n) is 1.72. The molecular formula is C8H17BO2. The van der Waals surface area contributed by atoms with Crippen LogP contribution in [0.4, 0.5) is 0 Å². The van der Waals surface area contributed by atoms with Crippen molar-refractivity contribution in [1.82, 2.24) is 0 Å². The van der Waals surface area contributed by atoms with Crippen molar-refractivity contribution >= 4 is 7.12 Å². The van der Waals surface area contributed by atoms with E-state index in [0.717, 1.165) is 0 Å². The number of rotatable bonds is 0. The molecule has 0 aromatic heterocycles. The molecule has 1 aliphatic rings. The normalized spacial score (nSPS) is 24.3. The molecular weight excluding hydrogens is 139 g/mol. The van der Waals surface area contributed by atoms with Gasteiger partial charge in [0.2, 0.25) is 0 Å². The maximum Gasteiger partial charge on any atom is 0.463 e. The van der Waals surface area contributed by atoms with Crippen LogP contribution in [0.3, 0.4) is 0 Å². The summed E-state index contributed by atoms with van der Waals surface area (Å²) in [6.45, 7) is 11.2. The molecule has 0 spiro atoms. The molecule has 0 aromatic rings. The van der Waals surface area contributed by atoms with Crippen LogP contribution in [0.25, 0.3) is 0 Å². The Hall–Kier alpha value is -0.0151. The van der Waals surface area contributed by atoms with Crippen LogP contribution in [0.2, 0.25) is 5.31 Å². The van der Waals surface area contributed by atoms with Gasteiger partial charge >= 0.3 is 7.12 Å². The number of hydrogen-bond donors (Lipinski definition) is 0. The van der Waals surface area contributed by atoms with Crippen molar-refractivity contribution in [3.63, 3.8) is 0 Å². The topological polar surface area (TPSA) is 18.5 Å². The summed E-state index contributed by atoms with van der Waals surface area (Å²) < 4.78 is 11.2. The summed E-state index contributed by atoms with van der Waals surface area (Å²) in [5.41, 5.74) is -0.0993. The van der Waals surface area contributed by atoms with Crippen LogP contribution in [-0.4, -0.2) is 19.3 Å². The molecule has 0 saturated carbocycles. The van der Waals surface area contributed by atoms with Crippen LogP contribution in [0.15, 0.2) is 0 Å². The highest BCUT2D eigenvalue weighted by Gasteiger charge is 2.44. The van der Waals surface area contributed by atoms with Gasteiger partial charge in [-0.05, 0) is 19.2 Å². The van der Waals surface area contributed by atoms with E-state index in [9.17, 15) is 0 Å². The Labute approximate surface area is 69.4 Å². The minimum atomic E-state index is -0.0993. The Morgan fingerprint density at radius 3 is 2.00 bits per heavy atom. The highest BCUT2D eigenvalue weighted by Crippen LogP contribution is 2.35. The van der Waals surface area contributed by atoms with E-state index in [4.69, 9.17) is 9.31 Å². The molecule has 1 fully saturated rings. The standard InChI is InChI=1S/C8H17BO2/c1-7(2,3)9-10-6-8(4,5)11-9/h6H2,1-5H3. The summed E-state index contributed by atoms with van der Waals surface area (Å²) in [6, 6.07) is 0. The molecule has 1 rings (SSSR count). The summed E-state index contributed by atoms with van der Waals surface area (Å²) >= 11 is 0. The van der Waals surface area contributed by atoms with Gasteiger partial charge < -0.3 is 9.31 Å². The maximum atomic E-state index is 5.69. The molecule has 0 aromatic carbocycles. The zero-order chi connectivity index (χ0) is 8.70. The van der Waals surface area contributed by atoms with Gasteiger partial charge in [-0.15, -0.1) is 0 Å². The van der Waals surface area contributed by atoms with Crippen molar-refractivity contribution in [1.29, 1.82) is 0 Å². The van der Waals surface area contributed by atoms with Gasteiger partial charge in [0.15, 0.2) is 0 Å². The zero-order valence-electron chi connectivity index (χ0n) is 8.10. The van der Waals surface area contributed by atoms with Gasteiger partial charge in [-0.2, -0.15) is 0 Å². The van der Waals surface area contributed by atoms with Gasteiger partial charge in [0.25, 0.3) is 0 Å².